The molecule has 0 aliphatic rings. The van der Waals surface area contributed by atoms with Gasteiger partial charge in [-0.25, -0.2) is 9.37 Å². The highest BCUT2D eigenvalue weighted by atomic mass is 127. The van der Waals surface area contributed by atoms with Gasteiger partial charge in [0.2, 0.25) is 0 Å². The molecule has 0 radical (unpaired) electrons. The largest absolute Gasteiger partial charge is 0.354 e. The third-order valence-electron chi connectivity index (χ3n) is 2.11. The van der Waals surface area contributed by atoms with Gasteiger partial charge in [0.15, 0.2) is 0 Å². The van der Waals surface area contributed by atoms with E-state index in [4.69, 9.17) is 5.26 Å². The minimum absolute atomic E-state index is 0.273. The van der Waals surface area contributed by atoms with Crippen LogP contribution in [0.1, 0.15) is 5.69 Å². The van der Waals surface area contributed by atoms with Crippen LogP contribution >= 0.6 is 22.6 Å². The number of nitriles is 1. The minimum atomic E-state index is -0.273. The number of nitrogens with one attached hydrogen (secondary N) is 1. The Morgan fingerprint density at radius 3 is 2.94 bits per heavy atom. The number of aromatic nitrogens is 1. The number of pyridine rings is 1. The molecule has 0 saturated heterocycles. The van der Waals surface area contributed by atoms with Gasteiger partial charge in [0.25, 0.3) is 0 Å². The molecule has 0 spiro atoms. The lowest BCUT2D eigenvalue weighted by atomic mass is 10.2. The highest BCUT2D eigenvalue weighted by Gasteiger charge is 2.05. The molecule has 0 saturated carbocycles. The lowest BCUT2D eigenvalue weighted by molar-refractivity contribution is 0.621. The molecule has 0 fully saturated rings. The number of nitrogens with zero attached hydrogens (tertiary/aromatic N) is 2. The van der Waals surface area contributed by atoms with Gasteiger partial charge in [-0.3, -0.25) is 0 Å². The van der Waals surface area contributed by atoms with E-state index in [-0.39, 0.29) is 5.82 Å². The molecule has 1 N–H and O–H groups in total. The summed E-state index contributed by atoms with van der Waals surface area (Å²) in [7, 11) is 0. The molecular weight excluding hydrogens is 332 g/mol. The Labute approximate surface area is 111 Å². The van der Waals surface area contributed by atoms with Crippen molar-refractivity contribution in [1.29, 1.82) is 5.26 Å². The molecule has 0 aliphatic carbocycles. The van der Waals surface area contributed by atoms with E-state index < -0.39 is 0 Å². The van der Waals surface area contributed by atoms with Gasteiger partial charge in [-0.15, -0.1) is 0 Å². The Bertz CT molecular complexity index is 593. The predicted octanol–water partition coefficient (Wildman–Crippen LogP) is 3.44. The molecule has 3 nitrogen and oxygen atoms in total. The van der Waals surface area contributed by atoms with E-state index in [9.17, 15) is 4.39 Å². The quantitative estimate of drug-likeness (QED) is 0.853. The topological polar surface area (TPSA) is 48.7 Å². The van der Waals surface area contributed by atoms with Gasteiger partial charge in [0.05, 0.1) is 9.26 Å². The zero-order valence-corrected chi connectivity index (χ0v) is 10.8. The van der Waals surface area contributed by atoms with E-state index in [2.05, 4.69) is 10.3 Å². The summed E-state index contributed by atoms with van der Waals surface area (Å²) in [6.45, 7) is 0. The smallest absolute Gasteiger partial charge is 0.142 e. The van der Waals surface area contributed by atoms with E-state index in [1.807, 2.05) is 28.7 Å². The molecule has 84 valence electrons. The van der Waals surface area contributed by atoms with Crippen molar-refractivity contribution in [3.8, 4) is 6.07 Å². The third-order valence-corrected chi connectivity index (χ3v) is 3.20. The van der Waals surface area contributed by atoms with Crippen molar-refractivity contribution in [2.75, 3.05) is 5.32 Å². The van der Waals surface area contributed by atoms with Gasteiger partial charge in [-0.2, -0.15) is 5.26 Å². The van der Waals surface area contributed by atoms with Gasteiger partial charge in [0.1, 0.15) is 17.6 Å². The fraction of sp³-hybridized carbons (Fsp3) is 0. The van der Waals surface area contributed by atoms with Gasteiger partial charge < -0.3 is 5.32 Å². The number of benzene rings is 1. The number of hydrogen-bond acceptors (Lipinski definition) is 3. The summed E-state index contributed by atoms with van der Waals surface area (Å²) in [5.41, 5.74) is 1.70. The number of hydrogen-bond donors (Lipinski definition) is 1. The summed E-state index contributed by atoms with van der Waals surface area (Å²) in [6, 6.07) is 10.1. The van der Waals surface area contributed by atoms with E-state index in [1.54, 1.807) is 24.3 Å². The second-order valence-electron chi connectivity index (χ2n) is 3.27. The molecule has 0 unspecified atom stereocenters. The minimum Gasteiger partial charge on any atom is -0.354 e. The van der Waals surface area contributed by atoms with Crippen molar-refractivity contribution in [3.05, 3.63) is 51.6 Å². The van der Waals surface area contributed by atoms with Crippen LogP contribution in [-0.4, -0.2) is 4.98 Å². The first-order valence-electron chi connectivity index (χ1n) is 4.78. The van der Waals surface area contributed by atoms with E-state index >= 15 is 0 Å². The molecule has 5 heteroatoms. The Morgan fingerprint density at radius 2 is 2.18 bits per heavy atom. The molecule has 0 atom stereocenters. The molecule has 1 heterocycles. The molecule has 0 aliphatic heterocycles. The maximum Gasteiger partial charge on any atom is 0.142 e. The number of halogens is 2. The van der Waals surface area contributed by atoms with Crippen molar-refractivity contribution in [2.24, 2.45) is 0 Å². The zero-order chi connectivity index (χ0) is 12.3. The zero-order valence-electron chi connectivity index (χ0n) is 8.61. The van der Waals surface area contributed by atoms with Crippen LogP contribution in [0.5, 0.6) is 0 Å². The fourth-order valence-electron chi connectivity index (χ4n) is 1.33. The van der Waals surface area contributed by atoms with Gasteiger partial charge in [0, 0.05) is 11.9 Å². The predicted molar refractivity (Wildman–Crippen MR) is 71.4 cm³/mol. The molecule has 2 aromatic rings. The molecule has 0 amide bonds. The van der Waals surface area contributed by atoms with Crippen molar-refractivity contribution in [2.45, 2.75) is 0 Å². The third kappa shape index (κ3) is 2.71. The Morgan fingerprint density at radius 1 is 1.35 bits per heavy atom. The first-order valence-corrected chi connectivity index (χ1v) is 5.86. The van der Waals surface area contributed by atoms with Crippen LogP contribution in [0.2, 0.25) is 0 Å². The first kappa shape index (κ1) is 11.8. The monoisotopic (exact) mass is 339 g/mol. The van der Waals surface area contributed by atoms with Gasteiger partial charge >= 0.3 is 0 Å². The molecule has 2 rings (SSSR count). The average molecular weight is 339 g/mol. The molecule has 17 heavy (non-hydrogen) atoms. The standard InChI is InChI=1S/C12H7FIN3/c13-10-2-1-3-11(12(10)14)17-8-4-5-16-9(6-8)7-15/h1-6H,(H,16,17). The lowest BCUT2D eigenvalue weighted by Crippen LogP contribution is -1.96. The summed E-state index contributed by atoms with van der Waals surface area (Å²) in [4.78, 5) is 3.86. The molecule has 0 bridgehead atoms. The van der Waals surface area contributed by atoms with Crippen LogP contribution in [0.25, 0.3) is 0 Å². The summed E-state index contributed by atoms with van der Waals surface area (Å²) in [5.74, 6) is -0.273. The molecular formula is C12H7FIN3. The Balaban J connectivity index is 2.32. The molecule has 1 aromatic heterocycles. The van der Waals surface area contributed by atoms with Gasteiger partial charge in [-0.1, -0.05) is 6.07 Å². The average Bonchev–Trinajstić information content (AvgIpc) is 2.35. The second kappa shape index (κ2) is 5.10. The highest BCUT2D eigenvalue weighted by Crippen LogP contribution is 2.24. The van der Waals surface area contributed by atoms with Crippen LogP contribution in [0.3, 0.4) is 0 Å². The van der Waals surface area contributed by atoms with Crippen molar-refractivity contribution in [1.82, 2.24) is 4.98 Å². The summed E-state index contributed by atoms with van der Waals surface area (Å²) in [6.07, 6.45) is 1.53. The van der Waals surface area contributed by atoms with Crippen molar-refractivity contribution < 1.29 is 4.39 Å². The van der Waals surface area contributed by atoms with Crippen molar-refractivity contribution in [3.63, 3.8) is 0 Å². The van der Waals surface area contributed by atoms with E-state index in [1.165, 1.54) is 12.3 Å². The van der Waals surface area contributed by atoms with Crippen molar-refractivity contribution >= 4 is 34.0 Å². The SMILES string of the molecule is N#Cc1cc(Nc2cccc(F)c2I)ccn1. The normalized spacial score (nSPS) is 9.71. The number of rotatable bonds is 2. The van der Waals surface area contributed by atoms with Crippen LogP contribution in [0, 0.1) is 20.7 Å². The van der Waals surface area contributed by atoms with E-state index in [0.29, 0.717) is 20.6 Å². The molecule has 1 aromatic carbocycles. The van der Waals surface area contributed by atoms with E-state index in [0.717, 1.165) is 0 Å². The Kier molecular flexibility index (Phi) is 3.54. The highest BCUT2D eigenvalue weighted by molar-refractivity contribution is 14.1. The second-order valence-corrected chi connectivity index (χ2v) is 4.35. The van der Waals surface area contributed by atoms with Gasteiger partial charge in [-0.05, 0) is 46.9 Å². The summed E-state index contributed by atoms with van der Waals surface area (Å²) < 4.78 is 13.8. The fourth-order valence-corrected chi connectivity index (χ4v) is 1.82. The first-order chi connectivity index (χ1) is 8.20. The summed E-state index contributed by atoms with van der Waals surface area (Å²) in [5, 5.41) is 11.8. The summed E-state index contributed by atoms with van der Waals surface area (Å²) >= 11 is 1.93. The van der Waals surface area contributed by atoms with Crippen LogP contribution < -0.4 is 5.32 Å². The Hall–Kier alpha value is -1.68. The van der Waals surface area contributed by atoms with Crippen LogP contribution in [0.4, 0.5) is 15.8 Å². The van der Waals surface area contributed by atoms with Crippen LogP contribution in [-0.2, 0) is 0 Å². The van der Waals surface area contributed by atoms with Crippen LogP contribution in [0.15, 0.2) is 36.5 Å². The number of anilines is 2. The maximum atomic E-state index is 13.3. The maximum absolute atomic E-state index is 13.3. The lowest BCUT2D eigenvalue weighted by Gasteiger charge is -2.08.